The maximum absolute atomic E-state index is 12.6. The van der Waals surface area contributed by atoms with Crippen LogP contribution in [0.25, 0.3) is 0 Å². The minimum Gasteiger partial charge on any atom is -0.433 e. The molecule has 0 atom stereocenters. The number of hydrogen-bond acceptors (Lipinski definition) is 3. The van der Waals surface area contributed by atoms with Crippen LogP contribution in [0.4, 0.5) is 8.78 Å². The Balaban J connectivity index is 2.16. The molecule has 2 N–H and O–H groups in total. The second-order valence-corrected chi connectivity index (χ2v) is 6.09. The van der Waals surface area contributed by atoms with Crippen LogP contribution in [0.3, 0.4) is 0 Å². The summed E-state index contributed by atoms with van der Waals surface area (Å²) >= 11 is 11.9. The molecule has 0 aliphatic rings. The van der Waals surface area contributed by atoms with Crippen LogP contribution >= 0.6 is 23.2 Å². The third-order valence-electron chi connectivity index (χ3n) is 3.40. The zero-order valence-corrected chi connectivity index (χ0v) is 15.8. The minimum atomic E-state index is -2.99. The average Bonchev–Trinajstić information content (AvgIpc) is 2.98. The van der Waals surface area contributed by atoms with Crippen LogP contribution in [0.1, 0.15) is 18.2 Å². The summed E-state index contributed by atoms with van der Waals surface area (Å²) in [6.45, 7) is 0.117. The Morgan fingerprint density at radius 3 is 2.73 bits per heavy atom. The van der Waals surface area contributed by atoms with Gasteiger partial charge < -0.3 is 15.4 Å². The van der Waals surface area contributed by atoms with Crippen molar-refractivity contribution in [3.8, 4) is 5.75 Å². The Morgan fingerprint density at radius 2 is 2.12 bits per heavy atom. The van der Waals surface area contributed by atoms with E-state index in [1.807, 2.05) is 20.0 Å². The third kappa shape index (κ3) is 5.74. The number of halogens is 4. The van der Waals surface area contributed by atoms with E-state index in [1.165, 1.54) is 12.1 Å². The van der Waals surface area contributed by atoms with E-state index in [9.17, 15) is 8.78 Å². The van der Waals surface area contributed by atoms with Gasteiger partial charge in [-0.3, -0.25) is 4.68 Å². The number of nitrogens with one attached hydrogen (secondary N) is 2. The lowest BCUT2D eigenvalue weighted by Crippen LogP contribution is -2.37. The second-order valence-electron chi connectivity index (χ2n) is 5.25. The van der Waals surface area contributed by atoms with Gasteiger partial charge in [-0.2, -0.15) is 13.9 Å². The monoisotopic (exact) mass is 405 g/mol. The van der Waals surface area contributed by atoms with Crippen molar-refractivity contribution in [1.29, 1.82) is 0 Å². The van der Waals surface area contributed by atoms with Crippen molar-refractivity contribution >= 4 is 29.2 Å². The first-order valence-corrected chi connectivity index (χ1v) is 8.58. The molecule has 0 aliphatic carbocycles. The molecule has 0 spiro atoms. The molecular formula is C16H19Cl2F2N5O. The summed E-state index contributed by atoms with van der Waals surface area (Å²) in [4.78, 5) is 4.39. The van der Waals surface area contributed by atoms with E-state index in [1.54, 1.807) is 10.9 Å². The van der Waals surface area contributed by atoms with Crippen molar-refractivity contribution < 1.29 is 13.5 Å². The number of ether oxygens (including phenoxy) is 1. The number of benzene rings is 1. The fourth-order valence-electron chi connectivity index (χ4n) is 2.21. The third-order valence-corrected chi connectivity index (χ3v) is 3.90. The van der Waals surface area contributed by atoms with Gasteiger partial charge in [-0.15, -0.1) is 0 Å². The van der Waals surface area contributed by atoms with E-state index in [2.05, 4.69) is 25.5 Å². The van der Waals surface area contributed by atoms with Crippen LogP contribution < -0.4 is 15.4 Å². The fourth-order valence-corrected chi connectivity index (χ4v) is 2.79. The maximum Gasteiger partial charge on any atom is 0.387 e. The topological polar surface area (TPSA) is 63.5 Å². The standard InChI is InChI=1S/C16H19Cl2F2N5O/c1-3-21-16(23-9-12-4-5-24-25(12)2)22-8-10-6-11(17)7-13(18)14(10)26-15(19)20/h4-7,15H,3,8-9H2,1-2H3,(H2,21,22,23). The summed E-state index contributed by atoms with van der Waals surface area (Å²) in [6.07, 6.45) is 1.70. The number of aliphatic imine (C=N–C) groups is 1. The van der Waals surface area contributed by atoms with Crippen molar-refractivity contribution in [2.45, 2.75) is 26.6 Å². The molecule has 0 unspecified atom stereocenters. The molecule has 1 aromatic carbocycles. The molecule has 0 fully saturated rings. The molecule has 0 radical (unpaired) electrons. The molecule has 1 aromatic heterocycles. The lowest BCUT2D eigenvalue weighted by atomic mass is 10.2. The molecule has 1 heterocycles. The van der Waals surface area contributed by atoms with Crippen molar-refractivity contribution in [2.24, 2.45) is 12.0 Å². The summed E-state index contributed by atoms with van der Waals surface area (Å²) < 4.78 is 31.5. The molecule has 0 saturated carbocycles. The highest BCUT2D eigenvalue weighted by Crippen LogP contribution is 2.34. The summed E-state index contributed by atoms with van der Waals surface area (Å²) in [6, 6.07) is 4.72. The smallest absolute Gasteiger partial charge is 0.387 e. The van der Waals surface area contributed by atoms with Gasteiger partial charge in [0.1, 0.15) is 5.75 Å². The van der Waals surface area contributed by atoms with E-state index in [4.69, 9.17) is 23.2 Å². The van der Waals surface area contributed by atoms with E-state index in [-0.39, 0.29) is 17.3 Å². The van der Waals surface area contributed by atoms with Crippen LogP contribution in [0.5, 0.6) is 5.75 Å². The lowest BCUT2D eigenvalue weighted by Gasteiger charge is -2.14. The van der Waals surface area contributed by atoms with E-state index < -0.39 is 6.61 Å². The number of nitrogens with zero attached hydrogens (tertiary/aromatic N) is 3. The Labute approximate surface area is 160 Å². The van der Waals surface area contributed by atoms with Gasteiger partial charge in [-0.25, -0.2) is 4.99 Å². The van der Waals surface area contributed by atoms with E-state index >= 15 is 0 Å². The number of aromatic nitrogens is 2. The molecule has 0 amide bonds. The number of hydrogen-bond donors (Lipinski definition) is 2. The number of alkyl halides is 2. The van der Waals surface area contributed by atoms with Crippen LogP contribution in [0, 0.1) is 0 Å². The molecule has 2 aromatic rings. The molecule has 142 valence electrons. The largest absolute Gasteiger partial charge is 0.433 e. The quantitative estimate of drug-likeness (QED) is 0.545. The highest BCUT2D eigenvalue weighted by Gasteiger charge is 2.15. The van der Waals surface area contributed by atoms with Gasteiger partial charge in [0.05, 0.1) is 23.8 Å². The maximum atomic E-state index is 12.6. The lowest BCUT2D eigenvalue weighted by molar-refractivity contribution is -0.0503. The Bertz CT molecular complexity index is 767. The van der Waals surface area contributed by atoms with Gasteiger partial charge in [0.15, 0.2) is 5.96 Å². The summed E-state index contributed by atoms with van der Waals surface area (Å²) in [5.74, 6) is 0.380. The summed E-state index contributed by atoms with van der Waals surface area (Å²) in [5.41, 5.74) is 1.32. The predicted molar refractivity (Wildman–Crippen MR) is 98.0 cm³/mol. The molecule has 0 bridgehead atoms. The van der Waals surface area contributed by atoms with Crippen LogP contribution in [0.2, 0.25) is 10.0 Å². The summed E-state index contributed by atoms with van der Waals surface area (Å²) in [7, 11) is 1.84. The first-order valence-electron chi connectivity index (χ1n) is 7.82. The molecule has 6 nitrogen and oxygen atoms in total. The van der Waals surface area contributed by atoms with Gasteiger partial charge in [0, 0.05) is 30.4 Å². The Hall–Kier alpha value is -2.06. The minimum absolute atomic E-state index is 0.0100. The van der Waals surface area contributed by atoms with Gasteiger partial charge >= 0.3 is 6.61 Å². The van der Waals surface area contributed by atoms with Gasteiger partial charge in [-0.05, 0) is 25.1 Å². The van der Waals surface area contributed by atoms with Gasteiger partial charge in [0.25, 0.3) is 0 Å². The normalized spacial score (nSPS) is 11.7. The first kappa shape index (κ1) is 20.3. The predicted octanol–water partition coefficient (Wildman–Crippen LogP) is 3.58. The van der Waals surface area contributed by atoms with Crippen molar-refractivity contribution in [1.82, 2.24) is 20.4 Å². The SMILES string of the molecule is CCNC(=NCc1cc(Cl)cc(Cl)c1OC(F)F)NCc1ccnn1C. The van der Waals surface area contributed by atoms with Crippen molar-refractivity contribution in [3.05, 3.63) is 45.7 Å². The molecule has 26 heavy (non-hydrogen) atoms. The van der Waals surface area contributed by atoms with Gasteiger partial charge in [-0.1, -0.05) is 23.2 Å². The highest BCUT2D eigenvalue weighted by molar-refractivity contribution is 6.35. The van der Waals surface area contributed by atoms with Crippen molar-refractivity contribution in [3.63, 3.8) is 0 Å². The molecule has 0 aliphatic heterocycles. The van der Waals surface area contributed by atoms with E-state index in [0.717, 1.165) is 5.69 Å². The number of guanidine groups is 1. The van der Waals surface area contributed by atoms with Crippen LogP contribution in [-0.4, -0.2) is 28.9 Å². The first-order chi connectivity index (χ1) is 12.4. The highest BCUT2D eigenvalue weighted by atomic mass is 35.5. The van der Waals surface area contributed by atoms with Crippen LogP contribution in [0.15, 0.2) is 29.4 Å². The Kier molecular flexibility index (Phi) is 7.47. The molecule has 0 saturated heterocycles. The van der Waals surface area contributed by atoms with Crippen molar-refractivity contribution in [2.75, 3.05) is 6.54 Å². The fraction of sp³-hybridized carbons (Fsp3) is 0.375. The van der Waals surface area contributed by atoms with E-state index in [0.29, 0.717) is 29.6 Å². The summed E-state index contributed by atoms with van der Waals surface area (Å²) in [5, 5.41) is 10.6. The molecule has 10 heteroatoms. The van der Waals surface area contributed by atoms with Crippen LogP contribution in [-0.2, 0) is 20.1 Å². The van der Waals surface area contributed by atoms with Gasteiger partial charge in [0.2, 0.25) is 0 Å². The number of aryl methyl sites for hydroxylation is 1. The average molecular weight is 406 g/mol. The second kappa shape index (κ2) is 9.59. The molecular weight excluding hydrogens is 387 g/mol. The Morgan fingerprint density at radius 1 is 1.35 bits per heavy atom. The molecule has 2 rings (SSSR count). The zero-order valence-electron chi connectivity index (χ0n) is 14.3. The number of rotatable bonds is 7. The zero-order chi connectivity index (χ0) is 19.1.